The highest BCUT2D eigenvalue weighted by Gasteiger charge is 2.58. The molecule has 2 aliphatic heterocycles. The van der Waals surface area contributed by atoms with Gasteiger partial charge in [0.1, 0.15) is 29.9 Å². The first-order chi connectivity index (χ1) is 20.0. The molecule has 0 radical (unpaired) electrons. The Hall–Kier alpha value is -3.38. The molecule has 1 aromatic rings. The lowest BCUT2D eigenvalue weighted by atomic mass is 9.96. The summed E-state index contributed by atoms with van der Waals surface area (Å²) >= 11 is 0. The van der Waals surface area contributed by atoms with Gasteiger partial charge in [0.2, 0.25) is 0 Å². The van der Waals surface area contributed by atoms with E-state index in [1.54, 1.807) is 41.5 Å². The molecule has 12 heteroatoms. The first kappa shape index (κ1) is 32.5. The van der Waals surface area contributed by atoms with Crippen LogP contribution in [0, 0.1) is 11.8 Å². The summed E-state index contributed by atoms with van der Waals surface area (Å²) in [4.78, 5) is 51.3. The summed E-state index contributed by atoms with van der Waals surface area (Å²) in [6, 6.07) is 7.23. The number of carboxylic acid groups (broad SMARTS) is 1. The first-order valence-electron chi connectivity index (χ1n) is 14.8. The van der Waals surface area contributed by atoms with Crippen molar-refractivity contribution in [1.29, 1.82) is 0 Å². The average Bonchev–Trinajstić information content (AvgIpc) is 3.64. The number of benzene rings is 1. The lowest BCUT2D eigenvalue weighted by Gasteiger charge is -2.36. The molecule has 4 fully saturated rings. The zero-order chi connectivity index (χ0) is 31.9. The third kappa shape index (κ3) is 7.41. The van der Waals surface area contributed by atoms with Gasteiger partial charge in [0.05, 0.1) is 12.2 Å². The van der Waals surface area contributed by atoms with Gasteiger partial charge >= 0.3 is 24.1 Å². The molecule has 5 rings (SSSR count). The molecule has 12 nitrogen and oxygen atoms in total. The van der Waals surface area contributed by atoms with Crippen LogP contribution in [-0.4, -0.2) is 96.8 Å². The minimum atomic E-state index is -1.08. The number of carbonyl (C=O) groups is 4. The molecule has 2 aliphatic carbocycles. The summed E-state index contributed by atoms with van der Waals surface area (Å²) in [6.45, 7) is 10.7. The first-order valence-corrected chi connectivity index (χ1v) is 14.8. The summed E-state index contributed by atoms with van der Waals surface area (Å²) in [5.41, 5.74) is -0.417. The average molecular weight is 605 g/mol. The Bertz CT molecular complexity index is 1190. The number of hydrogen-bond donors (Lipinski definition) is 3. The summed E-state index contributed by atoms with van der Waals surface area (Å²) < 4.78 is 16.1. The fourth-order valence-corrected chi connectivity index (χ4v) is 6.60. The fourth-order valence-electron chi connectivity index (χ4n) is 6.60. The zero-order valence-electron chi connectivity index (χ0n) is 25.6. The number of piperidine rings is 2. The van der Waals surface area contributed by atoms with E-state index in [4.69, 9.17) is 14.2 Å². The molecule has 8 atom stereocenters. The van der Waals surface area contributed by atoms with Crippen molar-refractivity contribution in [2.45, 2.75) is 121 Å². The van der Waals surface area contributed by atoms with Gasteiger partial charge in [-0.1, -0.05) is 30.3 Å². The minimum Gasteiger partial charge on any atom is -0.480 e. The Labute approximate surface area is 251 Å². The highest BCUT2D eigenvalue weighted by Crippen LogP contribution is 2.44. The van der Waals surface area contributed by atoms with E-state index >= 15 is 0 Å². The molecular weight excluding hydrogens is 560 g/mol. The highest BCUT2D eigenvalue weighted by atomic mass is 16.6. The van der Waals surface area contributed by atoms with E-state index in [1.807, 2.05) is 30.3 Å². The molecule has 2 saturated carbocycles. The Morgan fingerprint density at radius 2 is 1.19 bits per heavy atom. The summed E-state index contributed by atoms with van der Waals surface area (Å²) in [7, 11) is 0. The number of esters is 1. The van der Waals surface area contributed by atoms with Crippen LogP contribution in [-0.2, 0) is 30.4 Å². The molecule has 4 aliphatic rings. The van der Waals surface area contributed by atoms with Gasteiger partial charge in [-0.25, -0.2) is 19.2 Å². The number of amides is 2. The number of hydrogen-bond acceptors (Lipinski definition) is 9. The van der Waals surface area contributed by atoms with Crippen molar-refractivity contribution in [2.24, 2.45) is 11.8 Å². The number of aliphatic carboxylic acids is 1. The lowest BCUT2D eigenvalue weighted by molar-refractivity contribution is -0.155. The van der Waals surface area contributed by atoms with Gasteiger partial charge in [-0.05, 0) is 72.8 Å². The second-order valence-electron chi connectivity index (χ2n) is 13.8. The number of aliphatic hydroxyl groups excluding tert-OH is 2. The van der Waals surface area contributed by atoms with E-state index in [2.05, 4.69) is 0 Å². The van der Waals surface area contributed by atoms with Crippen LogP contribution in [0.5, 0.6) is 0 Å². The van der Waals surface area contributed by atoms with Gasteiger partial charge in [-0.3, -0.25) is 9.80 Å². The van der Waals surface area contributed by atoms with Gasteiger partial charge in [-0.2, -0.15) is 0 Å². The number of carboxylic acids is 1. The minimum absolute atomic E-state index is 0.145. The molecule has 0 unspecified atom stereocenters. The number of nitrogens with zero attached hydrogens (tertiary/aromatic N) is 2. The van der Waals surface area contributed by atoms with Gasteiger partial charge in [0.25, 0.3) is 0 Å². The molecule has 43 heavy (non-hydrogen) atoms. The van der Waals surface area contributed by atoms with E-state index in [-0.39, 0.29) is 30.5 Å². The number of fused-ring (bicyclic) bond motifs is 4. The summed E-state index contributed by atoms with van der Waals surface area (Å²) in [5, 5.41) is 29.1. The van der Waals surface area contributed by atoms with Crippen molar-refractivity contribution in [3.8, 4) is 0 Å². The quantitative estimate of drug-likeness (QED) is 0.343. The number of aliphatic hydroxyl groups is 2. The molecule has 0 spiro atoms. The Balaban J connectivity index is 0.000000208. The van der Waals surface area contributed by atoms with Crippen molar-refractivity contribution < 1.29 is 48.7 Å². The number of ether oxygens (including phenoxy) is 3. The number of likely N-dealkylation sites (tertiary alicyclic amines) is 2. The van der Waals surface area contributed by atoms with E-state index in [0.717, 1.165) is 5.56 Å². The van der Waals surface area contributed by atoms with E-state index in [9.17, 15) is 34.5 Å². The van der Waals surface area contributed by atoms with Gasteiger partial charge in [-0.15, -0.1) is 0 Å². The molecule has 2 heterocycles. The third-order valence-corrected chi connectivity index (χ3v) is 8.23. The Morgan fingerprint density at radius 1 is 0.744 bits per heavy atom. The van der Waals surface area contributed by atoms with E-state index in [1.165, 1.54) is 9.80 Å². The Morgan fingerprint density at radius 3 is 1.63 bits per heavy atom. The predicted octanol–water partition coefficient (Wildman–Crippen LogP) is 3.32. The van der Waals surface area contributed by atoms with Crippen LogP contribution in [0.4, 0.5) is 9.59 Å². The molecule has 2 saturated heterocycles. The van der Waals surface area contributed by atoms with Crippen LogP contribution < -0.4 is 0 Å². The van der Waals surface area contributed by atoms with Crippen LogP contribution in [0.2, 0.25) is 0 Å². The SMILES string of the molecule is CC(C)(C)OC(=O)N1[C@H]2C[C@H]([C@H](O)C2)[C@H]1C(=O)O.CC(C)(C)OC(=O)N1[C@H]2C[C@H]([C@H](O)C2)[C@H]1C(=O)OCc1ccccc1. The van der Waals surface area contributed by atoms with Gasteiger partial charge in [0.15, 0.2) is 0 Å². The molecule has 4 bridgehead atoms. The molecule has 3 N–H and O–H groups in total. The van der Waals surface area contributed by atoms with Crippen molar-refractivity contribution in [3.05, 3.63) is 35.9 Å². The maximum absolute atomic E-state index is 12.7. The summed E-state index contributed by atoms with van der Waals surface area (Å²) in [6.07, 6.45) is -0.279. The van der Waals surface area contributed by atoms with Crippen molar-refractivity contribution in [3.63, 3.8) is 0 Å². The van der Waals surface area contributed by atoms with Crippen LogP contribution in [0.15, 0.2) is 30.3 Å². The maximum atomic E-state index is 12.7. The van der Waals surface area contributed by atoms with Crippen LogP contribution in [0.3, 0.4) is 0 Å². The lowest BCUT2D eigenvalue weighted by Crippen LogP contribution is -2.54. The predicted molar refractivity (Wildman–Crippen MR) is 153 cm³/mol. The van der Waals surface area contributed by atoms with Gasteiger partial charge < -0.3 is 29.5 Å². The maximum Gasteiger partial charge on any atom is 0.411 e. The van der Waals surface area contributed by atoms with Crippen LogP contribution in [0.1, 0.15) is 72.8 Å². The normalized spacial score (nSPS) is 30.9. The van der Waals surface area contributed by atoms with Crippen molar-refractivity contribution in [2.75, 3.05) is 0 Å². The monoisotopic (exact) mass is 604 g/mol. The number of rotatable bonds is 4. The third-order valence-electron chi connectivity index (χ3n) is 8.23. The molecule has 0 aromatic heterocycles. The van der Waals surface area contributed by atoms with Crippen molar-refractivity contribution in [1.82, 2.24) is 9.80 Å². The van der Waals surface area contributed by atoms with Crippen LogP contribution >= 0.6 is 0 Å². The fraction of sp³-hybridized carbons (Fsp3) is 0.677. The topological polar surface area (TPSA) is 163 Å². The second-order valence-corrected chi connectivity index (χ2v) is 13.8. The second kappa shape index (κ2) is 12.3. The van der Waals surface area contributed by atoms with E-state index in [0.29, 0.717) is 25.7 Å². The smallest absolute Gasteiger partial charge is 0.411 e. The Kier molecular flexibility index (Phi) is 9.32. The molecule has 2 amide bonds. The summed E-state index contributed by atoms with van der Waals surface area (Å²) in [5.74, 6) is -2.23. The molecule has 238 valence electrons. The highest BCUT2D eigenvalue weighted by molar-refractivity contribution is 5.84. The largest absolute Gasteiger partial charge is 0.480 e. The standard InChI is InChI=1S/C19H25NO5.C12H19NO5/c1-19(2,3)25-18(23)20-13-9-14(15(21)10-13)16(20)17(22)24-11-12-7-5-4-6-8-12;1-12(2,3)18-11(17)13-6-4-7(8(14)5-6)9(13)10(15)16/h4-8,13-16,21H,9-11H2,1-3H3;6-9,14H,4-5H2,1-3H3,(H,15,16)/t13-,14+,15+,16-;6-,7+,8+,9-/m00/s1. The molecular formula is C31H44N2O10. The number of carbonyl (C=O) groups excluding carboxylic acids is 3. The van der Waals surface area contributed by atoms with Crippen LogP contribution in [0.25, 0.3) is 0 Å². The van der Waals surface area contributed by atoms with Gasteiger partial charge in [0, 0.05) is 23.9 Å². The molecule has 1 aromatic carbocycles. The zero-order valence-corrected chi connectivity index (χ0v) is 25.6. The van der Waals surface area contributed by atoms with E-state index < -0.39 is 59.6 Å². The van der Waals surface area contributed by atoms with Crippen molar-refractivity contribution >= 4 is 24.1 Å².